The highest BCUT2D eigenvalue weighted by Gasteiger charge is 2.34. The Morgan fingerprint density at radius 2 is 1.88 bits per heavy atom. The number of aromatic nitrogens is 1. The average Bonchev–Trinajstić information content (AvgIpc) is 2.62. The molecule has 136 valence electrons. The highest BCUT2D eigenvalue weighted by atomic mass is 16.5. The Bertz CT molecular complexity index is 717. The first-order valence-corrected chi connectivity index (χ1v) is 9.34. The molecular weight excluding hydrogens is 326 g/mol. The zero-order valence-electron chi connectivity index (χ0n) is 15.0. The molecule has 5 heteroatoms. The summed E-state index contributed by atoms with van der Waals surface area (Å²) in [4.78, 5) is 21.2. The lowest BCUT2D eigenvalue weighted by molar-refractivity contribution is -0.140. The van der Waals surface area contributed by atoms with Gasteiger partial charge in [0, 0.05) is 50.5 Å². The molecule has 0 spiro atoms. The highest BCUT2D eigenvalue weighted by molar-refractivity contribution is 5.77. The molecule has 0 aliphatic carbocycles. The van der Waals surface area contributed by atoms with Crippen LogP contribution in [0.5, 0.6) is 0 Å². The van der Waals surface area contributed by atoms with Crippen LogP contribution in [0.1, 0.15) is 23.6 Å². The summed E-state index contributed by atoms with van der Waals surface area (Å²) in [6.45, 7) is 4.90. The minimum Gasteiger partial charge on any atom is -0.375 e. The van der Waals surface area contributed by atoms with Gasteiger partial charge in [0.25, 0.3) is 0 Å². The molecule has 0 saturated carbocycles. The molecule has 4 rings (SSSR count). The number of benzene rings is 1. The number of hydrogen-bond acceptors (Lipinski definition) is 4. The molecule has 2 aromatic rings. The van der Waals surface area contributed by atoms with Crippen LogP contribution in [-0.4, -0.2) is 59.6 Å². The molecule has 1 aromatic heterocycles. The van der Waals surface area contributed by atoms with E-state index in [9.17, 15) is 4.79 Å². The van der Waals surface area contributed by atoms with Gasteiger partial charge in [0.1, 0.15) is 0 Å². The summed E-state index contributed by atoms with van der Waals surface area (Å²) in [7, 11) is 0. The molecule has 2 aliphatic rings. The van der Waals surface area contributed by atoms with E-state index in [4.69, 9.17) is 4.74 Å². The van der Waals surface area contributed by atoms with Crippen LogP contribution in [0.25, 0.3) is 0 Å². The maximum atomic E-state index is 12.5. The molecule has 2 saturated heterocycles. The third-order valence-corrected chi connectivity index (χ3v) is 5.21. The van der Waals surface area contributed by atoms with Crippen LogP contribution in [0.4, 0.5) is 0 Å². The Kier molecular flexibility index (Phi) is 5.27. The van der Waals surface area contributed by atoms with Gasteiger partial charge in [-0.05, 0) is 17.7 Å². The number of amides is 1. The van der Waals surface area contributed by atoms with E-state index in [1.54, 1.807) is 0 Å². The number of morpholine rings is 1. The number of nitrogens with zero attached hydrogens (tertiary/aromatic N) is 3. The van der Waals surface area contributed by atoms with E-state index in [1.165, 1.54) is 5.56 Å². The van der Waals surface area contributed by atoms with Crippen molar-refractivity contribution in [2.75, 3.05) is 32.8 Å². The van der Waals surface area contributed by atoms with Crippen molar-refractivity contribution >= 4 is 5.91 Å². The monoisotopic (exact) mass is 351 g/mol. The van der Waals surface area contributed by atoms with Crippen LogP contribution < -0.4 is 0 Å². The molecule has 0 bridgehead atoms. The molecule has 1 amide bonds. The van der Waals surface area contributed by atoms with Gasteiger partial charge in [-0.1, -0.05) is 36.4 Å². The number of likely N-dealkylation sites (tertiary alicyclic amines) is 1. The summed E-state index contributed by atoms with van der Waals surface area (Å²) >= 11 is 0. The van der Waals surface area contributed by atoms with Gasteiger partial charge in [-0.15, -0.1) is 0 Å². The molecule has 0 radical (unpaired) electrons. The van der Waals surface area contributed by atoms with E-state index in [-0.39, 0.29) is 12.0 Å². The molecule has 2 aliphatic heterocycles. The molecule has 0 N–H and O–H groups in total. The van der Waals surface area contributed by atoms with Gasteiger partial charge >= 0.3 is 0 Å². The summed E-state index contributed by atoms with van der Waals surface area (Å²) in [5.41, 5.74) is 2.39. The maximum absolute atomic E-state index is 12.5. The van der Waals surface area contributed by atoms with Crippen LogP contribution in [0.3, 0.4) is 0 Å². The van der Waals surface area contributed by atoms with Gasteiger partial charge in [0.05, 0.1) is 19.1 Å². The van der Waals surface area contributed by atoms with Crippen LogP contribution in [-0.2, 0) is 16.1 Å². The zero-order chi connectivity index (χ0) is 17.8. The number of carbonyl (C=O) groups is 1. The SMILES string of the molecule is O=C(CC1CN(Cc2ccccc2)CCO1)N1CC(c2ccccn2)C1. The second-order valence-electron chi connectivity index (χ2n) is 7.17. The van der Waals surface area contributed by atoms with Gasteiger partial charge in [0.15, 0.2) is 0 Å². The molecule has 1 unspecified atom stereocenters. The lowest BCUT2D eigenvalue weighted by atomic mass is 9.95. The predicted molar refractivity (Wildman–Crippen MR) is 99.6 cm³/mol. The topological polar surface area (TPSA) is 45.7 Å². The second kappa shape index (κ2) is 7.98. The minimum absolute atomic E-state index is 0.00568. The number of ether oxygens (including phenoxy) is 1. The van der Waals surface area contributed by atoms with Gasteiger partial charge < -0.3 is 9.64 Å². The van der Waals surface area contributed by atoms with Crippen molar-refractivity contribution < 1.29 is 9.53 Å². The lowest BCUT2D eigenvalue weighted by Gasteiger charge is -2.40. The molecule has 1 aromatic carbocycles. The molecular formula is C21H25N3O2. The molecule has 1 atom stereocenters. The van der Waals surface area contributed by atoms with E-state index in [0.717, 1.165) is 38.4 Å². The Morgan fingerprint density at radius 1 is 1.08 bits per heavy atom. The summed E-state index contributed by atoms with van der Waals surface area (Å²) in [6, 6.07) is 16.4. The second-order valence-corrected chi connectivity index (χ2v) is 7.17. The number of pyridine rings is 1. The smallest absolute Gasteiger partial charge is 0.225 e. The molecule has 26 heavy (non-hydrogen) atoms. The van der Waals surface area contributed by atoms with Gasteiger partial charge in [-0.25, -0.2) is 0 Å². The highest BCUT2D eigenvalue weighted by Crippen LogP contribution is 2.26. The third kappa shape index (κ3) is 4.11. The first-order chi connectivity index (χ1) is 12.8. The Balaban J connectivity index is 1.24. The largest absolute Gasteiger partial charge is 0.375 e. The third-order valence-electron chi connectivity index (χ3n) is 5.21. The summed E-state index contributed by atoms with van der Waals surface area (Å²) < 4.78 is 5.85. The van der Waals surface area contributed by atoms with Gasteiger partial charge in [-0.3, -0.25) is 14.7 Å². The fourth-order valence-corrected chi connectivity index (χ4v) is 3.70. The first-order valence-electron chi connectivity index (χ1n) is 9.34. The standard InChI is InChI=1S/C21H25N3O2/c25-21(24-14-18(15-24)20-8-4-5-9-22-20)12-19-16-23(10-11-26-19)13-17-6-2-1-3-7-17/h1-9,18-19H,10-16H2. The van der Waals surface area contributed by atoms with Crippen molar-refractivity contribution in [2.45, 2.75) is 25.0 Å². The zero-order valence-corrected chi connectivity index (χ0v) is 15.0. The van der Waals surface area contributed by atoms with Crippen molar-refractivity contribution in [3.63, 3.8) is 0 Å². The van der Waals surface area contributed by atoms with E-state index >= 15 is 0 Å². The van der Waals surface area contributed by atoms with E-state index in [0.29, 0.717) is 18.9 Å². The Labute approximate surface area is 154 Å². The van der Waals surface area contributed by atoms with Crippen LogP contribution in [0, 0.1) is 0 Å². The van der Waals surface area contributed by atoms with Crippen molar-refractivity contribution in [3.05, 3.63) is 66.0 Å². The summed E-state index contributed by atoms with van der Waals surface area (Å²) in [6.07, 6.45) is 2.28. The normalized spacial score (nSPS) is 21.4. The molecule has 3 heterocycles. The van der Waals surface area contributed by atoms with Gasteiger partial charge in [0.2, 0.25) is 5.91 Å². The summed E-state index contributed by atoms with van der Waals surface area (Å²) in [5.74, 6) is 0.575. The Morgan fingerprint density at radius 3 is 2.65 bits per heavy atom. The molecule has 5 nitrogen and oxygen atoms in total. The van der Waals surface area contributed by atoms with Crippen molar-refractivity contribution in [3.8, 4) is 0 Å². The number of carbonyl (C=O) groups excluding carboxylic acids is 1. The average molecular weight is 351 g/mol. The first kappa shape index (κ1) is 17.2. The fraction of sp³-hybridized carbons (Fsp3) is 0.429. The van der Waals surface area contributed by atoms with Crippen LogP contribution in [0.2, 0.25) is 0 Å². The number of rotatable bonds is 5. The predicted octanol–water partition coefficient (Wildman–Crippen LogP) is 2.30. The number of hydrogen-bond donors (Lipinski definition) is 0. The van der Waals surface area contributed by atoms with Crippen LogP contribution >= 0.6 is 0 Å². The molecule has 2 fully saturated rings. The fourth-order valence-electron chi connectivity index (χ4n) is 3.70. The van der Waals surface area contributed by atoms with Crippen LogP contribution in [0.15, 0.2) is 54.7 Å². The van der Waals surface area contributed by atoms with Crippen molar-refractivity contribution in [1.82, 2.24) is 14.8 Å². The van der Waals surface area contributed by atoms with E-state index in [2.05, 4.69) is 34.1 Å². The lowest BCUT2D eigenvalue weighted by Crippen LogP contribution is -2.51. The Hall–Kier alpha value is -2.24. The maximum Gasteiger partial charge on any atom is 0.225 e. The van der Waals surface area contributed by atoms with E-state index in [1.807, 2.05) is 35.4 Å². The van der Waals surface area contributed by atoms with Gasteiger partial charge in [-0.2, -0.15) is 0 Å². The summed E-state index contributed by atoms with van der Waals surface area (Å²) in [5, 5.41) is 0. The van der Waals surface area contributed by atoms with E-state index < -0.39 is 0 Å². The quantitative estimate of drug-likeness (QED) is 0.829. The minimum atomic E-state index is -0.00568. The van der Waals surface area contributed by atoms with Crippen molar-refractivity contribution in [2.24, 2.45) is 0 Å². The van der Waals surface area contributed by atoms with Crippen molar-refractivity contribution in [1.29, 1.82) is 0 Å².